The first kappa shape index (κ1) is 14.9. The van der Waals surface area contributed by atoms with Gasteiger partial charge in [-0.2, -0.15) is 0 Å². The van der Waals surface area contributed by atoms with Gasteiger partial charge >= 0.3 is 0 Å². The van der Waals surface area contributed by atoms with Crippen LogP contribution in [0.2, 0.25) is 0 Å². The Morgan fingerprint density at radius 2 is 1.93 bits per heavy atom. The van der Waals surface area contributed by atoms with Gasteiger partial charge < -0.3 is 15.2 Å². The summed E-state index contributed by atoms with van der Waals surface area (Å²) in [6.45, 7) is 9.61. The molecule has 0 saturated carbocycles. The van der Waals surface area contributed by atoms with Crippen LogP contribution >= 0.6 is 0 Å². The third-order valence-electron chi connectivity index (χ3n) is 2.51. The number of hydrogen-bond acceptors (Lipinski definition) is 3. The topological polar surface area (TPSA) is 41.5 Å². The first-order valence-electron chi connectivity index (χ1n) is 5.82. The number of ether oxygens (including phenoxy) is 1. The molecule has 92 valence electrons. The minimum atomic E-state index is -0.605. The summed E-state index contributed by atoms with van der Waals surface area (Å²) in [5.74, 6) is 0.646. The van der Waals surface area contributed by atoms with Gasteiger partial charge in [0.25, 0.3) is 0 Å². The highest BCUT2D eigenvalue weighted by Crippen LogP contribution is 2.15. The summed E-state index contributed by atoms with van der Waals surface area (Å²) in [5, 5.41) is 13.3. The van der Waals surface area contributed by atoms with E-state index in [2.05, 4.69) is 26.1 Å². The van der Waals surface area contributed by atoms with Crippen LogP contribution in [0.3, 0.4) is 0 Å². The summed E-state index contributed by atoms with van der Waals surface area (Å²) >= 11 is 0. The zero-order chi connectivity index (χ0) is 11.9. The van der Waals surface area contributed by atoms with Crippen LogP contribution in [-0.2, 0) is 4.74 Å². The van der Waals surface area contributed by atoms with Crippen molar-refractivity contribution in [3.05, 3.63) is 0 Å². The van der Waals surface area contributed by atoms with Crippen LogP contribution in [0.25, 0.3) is 0 Å². The summed E-state index contributed by atoms with van der Waals surface area (Å²) in [6, 6.07) is 0.292. The molecule has 0 fully saturated rings. The molecule has 0 amide bonds. The second-order valence-electron chi connectivity index (χ2n) is 5.17. The maximum atomic E-state index is 10.1. The summed E-state index contributed by atoms with van der Waals surface area (Å²) < 4.78 is 5.02. The maximum absolute atomic E-state index is 10.1. The zero-order valence-corrected chi connectivity index (χ0v) is 10.8. The Bertz CT molecular complexity index is 158. The largest absolute Gasteiger partial charge is 0.389 e. The van der Waals surface area contributed by atoms with Gasteiger partial charge in [0.1, 0.15) is 0 Å². The number of hydrogen-bond donors (Lipinski definition) is 2. The minimum absolute atomic E-state index is 0.292. The molecule has 0 rings (SSSR count). The highest BCUT2D eigenvalue weighted by atomic mass is 16.5. The summed E-state index contributed by atoms with van der Waals surface area (Å²) in [5.41, 5.74) is -0.605. The van der Waals surface area contributed by atoms with Gasteiger partial charge in [0.15, 0.2) is 0 Å². The number of aliphatic hydroxyl groups is 1. The van der Waals surface area contributed by atoms with Gasteiger partial charge in [-0.3, -0.25) is 0 Å². The van der Waals surface area contributed by atoms with Crippen molar-refractivity contribution in [3.8, 4) is 0 Å². The second kappa shape index (κ2) is 7.20. The van der Waals surface area contributed by atoms with E-state index in [9.17, 15) is 5.11 Å². The smallest absolute Gasteiger partial charge is 0.0743 e. The lowest BCUT2D eigenvalue weighted by Gasteiger charge is -2.26. The maximum Gasteiger partial charge on any atom is 0.0743 e. The molecule has 0 radical (unpaired) electrons. The van der Waals surface area contributed by atoms with E-state index in [4.69, 9.17) is 4.74 Å². The molecule has 2 unspecified atom stereocenters. The minimum Gasteiger partial charge on any atom is -0.389 e. The van der Waals surface area contributed by atoms with E-state index in [1.54, 1.807) is 7.11 Å². The van der Waals surface area contributed by atoms with Crippen LogP contribution < -0.4 is 5.32 Å². The highest BCUT2D eigenvalue weighted by molar-refractivity contribution is 4.77. The standard InChI is InChI=1S/C12H27NO2/c1-10(2)6-7-12(4,14)9-13-11(3)8-15-5/h10-11,13-14H,6-9H2,1-5H3. The third-order valence-corrected chi connectivity index (χ3v) is 2.51. The van der Waals surface area contributed by atoms with Gasteiger partial charge in [-0.25, -0.2) is 0 Å². The first-order chi connectivity index (χ1) is 6.87. The summed E-state index contributed by atoms with van der Waals surface area (Å²) in [7, 11) is 1.69. The van der Waals surface area contributed by atoms with E-state index >= 15 is 0 Å². The normalized spacial score (nSPS) is 17.8. The van der Waals surface area contributed by atoms with Crippen molar-refractivity contribution in [2.75, 3.05) is 20.3 Å². The monoisotopic (exact) mass is 217 g/mol. The van der Waals surface area contributed by atoms with E-state index in [1.807, 2.05) is 6.92 Å². The van der Waals surface area contributed by atoms with Crippen molar-refractivity contribution in [1.82, 2.24) is 5.32 Å². The average Bonchev–Trinajstić information content (AvgIpc) is 2.13. The molecule has 3 heteroatoms. The van der Waals surface area contributed by atoms with Crippen molar-refractivity contribution in [2.45, 2.75) is 52.2 Å². The molecule has 0 heterocycles. The van der Waals surface area contributed by atoms with Crippen molar-refractivity contribution in [1.29, 1.82) is 0 Å². The number of nitrogens with one attached hydrogen (secondary N) is 1. The molecule has 0 aromatic carbocycles. The average molecular weight is 217 g/mol. The van der Waals surface area contributed by atoms with Gasteiger partial charge in [-0.05, 0) is 32.6 Å². The Morgan fingerprint density at radius 1 is 1.33 bits per heavy atom. The van der Waals surface area contributed by atoms with Crippen molar-refractivity contribution < 1.29 is 9.84 Å². The molecule has 3 nitrogen and oxygen atoms in total. The molecule has 2 N–H and O–H groups in total. The molecular formula is C12H27NO2. The number of rotatable bonds is 8. The van der Waals surface area contributed by atoms with Gasteiger partial charge in [-0.1, -0.05) is 13.8 Å². The molecule has 0 spiro atoms. The third kappa shape index (κ3) is 8.85. The van der Waals surface area contributed by atoms with Crippen LogP contribution in [0.15, 0.2) is 0 Å². The first-order valence-corrected chi connectivity index (χ1v) is 5.82. The van der Waals surface area contributed by atoms with Gasteiger partial charge in [0.2, 0.25) is 0 Å². The van der Waals surface area contributed by atoms with Crippen LogP contribution in [-0.4, -0.2) is 37.0 Å². The Kier molecular flexibility index (Phi) is 7.14. The van der Waals surface area contributed by atoms with Crippen LogP contribution in [0.1, 0.15) is 40.5 Å². The Labute approximate surface area is 94.2 Å². The fourth-order valence-electron chi connectivity index (χ4n) is 1.39. The van der Waals surface area contributed by atoms with Gasteiger partial charge in [-0.15, -0.1) is 0 Å². The highest BCUT2D eigenvalue weighted by Gasteiger charge is 2.20. The van der Waals surface area contributed by atoms with E-state index in [1.165, 1.54) is 0 Å². The molecule has 0 aromatic heterocycles. The second-order valence-corrected chi connectivity index (χ2v) is 5.17. The predicted octanol–water partition coefficient (Wildman–Crippen LogP) is 1.80. The van der Waals surface area contributed by atoms with E-state index in [0.29, 0.717) is 25.1 Å². The molecule has 0 bridgehead atoms. The molecule has 0 saturated heterocycles. The quantitative estimate of drug-likeness (QED) is 0.651. The van der Waals surface area contributed by atoms with Crippen LogP contribution in [0.4, 0.5) is 0 Å². The molecule has 0 aliphatic heterocycles. The fraction of sp³-hybridized carbons (Fsp3) is 1.00. The SMILES string of the molecule is COCC(C)NCC(C)(O)CCC(C)C. The van der Waals surface area contributed by atoms with Crippen molar-refractivity contribution >= 4 is 0 Å². The molecular weight excluding hydrogens is 190 g/mol. The predicted molar refractivity (Wildman–Crippen MR) is 64.0 cm³/mol. The van der Waals surface area contributed by atoms with Crippen LogP contribution in [0.5, 0.6) is 0 Å². The van der Waals surface area contributed by atoms with Gasteiger partial charge in [0, 0.05) is 19.7 Å². The van der Waals surface area contributed by atoms with Crippen molar-refractivity contribution in [3.63, 3.8) is 0 Å². The van der Waals surface area contributed by atoms with E-state index in [0.717, 1.165) is 12.8 Å². The van der Waals surface area contributed by atoms with Crippen LogP contribution in [0, 0.1) is 5.92 Å². The molecule has 15 heavy (non-hydrogen) atoms. The summed E-state index contributed by atoms with van der Waals surface area (Å²) in [6.07, 6.45) is 1.91. The molecule has 0 aromatic rings. The molecule has 0 aliphatic carbocycles. The summed E-state index contributed by atoms with van der Waals surface area (Å²) in [4.78, 5) is 0. The fourth-order valence-corrected chi connectivity index (χ4v) is 1.39. The Morgan fingerprint density at radius 3 is 2.40 bits per heavy atom. The number of methoxy groups -OCH3 is 1. The Hall–Kier alpha value is -0.120. The van der Waals surface area contributed by atoms with E-state index in [-0.39, 0.29) is 0 Å². The molecule has 0 aliphatic rings. The van der Waals surface area contributed by atoms with Crippen molar-refractivity contribution in [2.24, 2.45) is 5.92 Å². The molecule has 2 atom stereocenters. The van der Waals surface area contributed by atoms with E-state index < -0.39 is 5.60 Å². The lowest BCUT2D eigenvalue weighted by molar-refractivity contribution is 0.0395. The lowest BCUT2D eigenvalue weighted by atomic mass is 9.95. The Balaban J connectivity index is 3.72. The lowest BCUT2D eigenvalue weighted by Crippen LogP contribution is -2.43. The zero-order valence-electron chi connectivity index (χ0n) is 10.8. The van der Waals surface area contributed by atoms with Gasteiger partial charge in [0.05, 0.1) is 12.2 Å².